The molecule has 1 saturated heterocycles. The van der Waals surface area contributed by atoms with Gasteiger partial charge in [0.1, 0.15) is 18.3 Å². The fourth-order valence-corrected chi connectivity index (χ4v) is 3.86. The van der Waals surface area contributed by atoms with Gasteiger partial charge in [0.2, 0.25) is 0 Å². The molecule has 0 spiro atoms. The number of aromatic hydroxyl groups is 4. The topological polar surface area (TPSA) is 180 Å². The van der Waals surface area contributed by atoms with Crippen LogP contribution in [0.1, 0.15) is 30.4 Å². The van der Waals surface area contributed by atoms with Crippen molar-refractivity contribution in [2.75, 3.05) is 6.61 Å². The molecule has 188 valence electrons. The van der Waals surface area contributed by atoms with Crippen LogP contribution < -0.4 is 0 Å². The summed E-state index contributed by atoms with van der Waals surface area (Å²) in [5.74, 6) is -0.959. The second kappa shape index (κ2) is 11.7. The number of hydrogen-bond donors (Lipinski definition) is 8. The highest BCUT2D eigenvalue weighted by Crippen LogP contribution is 2.28. The Hall–Kier alpha value is -2.60. The summed E-state index contributed by atoms with van der Waals surface area (Å²) >= 11 is 0. The zero-order valence-corrected chi connectivity index (χ0v) is 18.6. The molecule has 0 radical (unpaired) electrons. The first kappa shape index (κ1) is 26.0. The maximum Gasteiger partial charge on any atom is 0.186 e. The predicted octanol–water partition coefficient (Wildman–Crippen LogP) is 0.650. The molecule has 10 nitrogen and oxygen atoms in total. The fourth-order valence-electron chi connectivity index (χ4n) is 3.86. The van der Waals surface area contributed by atoms with Crippen LogP contribution in [0, 0.1) is 0 Å². The van der Waals surface area contributed by atoms with E-state index < -0.39 is 36.8 Å². The minimum absolute atomic E-state index is 0.166. The van der Waals surface area contributed by atoms with Gasteiger partial charge in [-0.1, -0.05) is 12.1 Å². The molecule has 1 aliphatic rings. The summed E-state index contributed by atoms with van der Waals surface area (Å²) in [5.41, 5.74) is 1.45. The first-order chi connectivity index (χ1) is 16.1. The quantitative estimate of drug-likeness (QED) is 0.225. The highest BCUT2D eigenvalue weighted by atomic mass is 16.7. The third kappa shape index (κ3) is 6.95. The number of ether oxygens (including phenoxy) is 2. The number of rotatable bonds is 10. The Morgan fingerprint density at radius 2 is 1.35 bits per heavy atom. The zero-order valence-electron chi connectivity index (χ0n) is 18.6. The van der Waals surface area contributed by atoms with Crippen LogP contribution >= 0.6 is 0 Å². The van der Waals surface area contributed by atoms with Gasteiger partial charge in [0.15, 0.2) is 29.3 Å². The van der Waals surface area contributed by atoms with Crippen LogP contribution in [0.4, 0.5) is 0 Å². The molecule has 0 amide bonds. The van der Waals surface area contributed by atoms with E-state index in [1.165, 1.54) is 24.3 Å². The van der Waals surface area contributed by atoms with Gasteiger partial charge in [-0.05, 0) is 67.5 Å². The second-order valence-corrected chi connectivity index (χ2v) is 8.62. The van der Waals surface area contributed by atoms with E-state index >= 15 is 0 Å². The molecule has 3 rings (SSSR count). The number of hydrogen-bond acceptors (Lipinski definition) is 10. The molecule has 6 atom stereocenters. The van der Waals surface area contributed by atoms with Crippen molar-refractivity contribution in [3.05, 3.63) is 47.5 Å². The van der Waals surface area contributed by atoms with Gasteiger partial charge in [-0.3, -0.25) is 0 Å². The summed E-state index contributed by atoms with van der Waals surface area (Å²) in [6, 6.07) is 8.88. The lowest BCUT2D eigenvalue weighted by Gasteiger charge is -2.37. The van der Waals surface area contributed by atoms with E-state index in [2.05, 4.69) is 0 Å². The minimum Gasteiger partial charge on any atom is -0.504 e. The molecule has 0 aliphatic carbocycles. The SMILES string of the molecule is Oc1ccc(CCC(O)CC(CCc2ccc(O)c(O)c2)OC2OCC(O)C(O)C2O)cc1O. The van der Waals surface area contributed by atoms with Gasteiger partial charge >= 0.3 is 0 Å². The molecule has 2 aromatic rings. The monoisotopic (exact) mass is 480 g/mol. The molecule has 1 fully saturated rings. The van der Waals surface area contributed by atoms with Crippen molar-refractivity contribution < 1.29 is 50.3 Å². The number of aliphatic hydroxyl groups excluding tert-OH is 4. The third-order valence-corrected chi connectivity index (χ3v) is 5.92. The van der Waals surface area contributed by atoms with Crippen LogP contribution in [0.5, 0.6) is 23.0 Å². The van der Waals surface area contributed by atoms with E-state index in [0.29, 0.717) is 25.7 Å². The van der Waals surface area contributed by atoms with E-state index in [0.717, 1.165) is 11.1 Å². The average Bonchev–Trinajstić information content (AvgIpc) is 2.80. The van der Waals surface area contributed by atoms with Gasteiger partial charge in [-0.15, -0.1) is 0 Å². The minimum atomic E-state index is -1.47. The highest BCUT2D eigenvalue weighted by Gasteiger charge is 2.39. The van der Waals surface area contributed by atoms with E-state index in [1.807, 2.05) is 0 Å². The summed E-state index contributed by atoms with van der Waals surface area (Å²) in [6.45, 7) is -0.214. The lowest BCUT2D eigenvalue weighted by molar-refractivity contribution is -0.284. The summed E-state index contributed by atoms with van der Waals surface area (Å²) in [6.07, 6.45) is -5.04. The highest BCUT2D eigenvalue weighted by molar-refractivity contribution is 5.41. The van der Waals surface area contributed by atoms with Crippen molar-refractivity contribution in [1.82, 2.24) is 0 Å². The number of aliphatic hydroxyl groups is 4. The molecule has 2 aromatic carbocycles. The second-order valence-electron chi connectivity index (χ2n) is 8.62. The summed E-state index contributed by atoms with van der Waals surface area (Å²) < 4.78 is 11.2. The van der Waals surface area contributed by atoms with Crippen molar-refractivity contribution in [3.63, 3.8) is 0 Å². The maximum absolute atomic E-state index is 10.6. The Balaban J connectivity index is 1.63. The largest absolute Gasteiger partial charge is 0.504 e. The summed E-state index contributed by atoms with van der Waals surface area (Å²) in [5, 5.41) is 78.7. The lowest BCUT2D eigenvalue weighted by Crippen LogP contribution is -2.54. The average molecular weight is 481 g/mol. The Morgan fingerprint density at radius 1 is 0.794 bits per heavy atom. The predicted molar refractivity (Wildman–Crippen MR) is 119 cm³/mol. The maximum atomic E-state index is 10.6. The first-order valence-corrected chi connectivity index (χ1v) is 11.1. The number of aryl methyl sites for hydroxylation is 2. The van der Waals surface area contributed by atoms with Crippen molar-refractivity contribution in [3.8, 4) is 23.0 Å². The van der Waals surface area contributed by atoms with Crippen molar-refractivity contribution in [2.24, 2.45) is 0 Å². The zero-order chi connectivity index (χ0) is 24.8. The molecule has 10 heteroatoms. The molecule has 1 heterocycles. The molecule has 34 heavy (non-hydrogen) atoms. The number of phenols is 4. The van der Waals surface area contributed by atoms with Crippen LogP contribution in [-0.2, 0) is 22.3 Å². The van der Waals surface area contributed by atoms with Gasteiger partial charge in [-0.2, -0.15) is 0 Å². The Morgan fingerprint density at radius 3 is 1.91 bits per heavy atom. The fraction of sp³-hybridized carbons (Fsp3) is 0.500. The first-order valence-electron chi connectivity index (χ1n) is 11.1. The van der Waals surface area contributed by atoms with Crippen LogP contribution in [0.2, 0.25) is 0 Å². The van der Waals surface area contributed by atoms with Gasteiger partial charge in [-0.25, -0.2) is 0 Å². The van der Waals surface area contributed by atoms with Crippen LogP contribution in [0.25, 0.3) is 0 Å². The van der Waals surface area contributed by atoms with Gasteiger partial charge in [0.25, 0.3) is 0 Å². The molecule has 1 aliphatic heterocycles. The van der Waals surface area contributed by atoms with Gasteiger partial charge in [0.05, 0.1) is 18.8 Å². The Labute approximate surface area is 196 Å². The normalized spacial score (nSPS) is 24.6. The molecule has 0 bridgehead atoms. The summed E-state index contributed by atoms with van der Waals surface area (Å²) in [4.78, 5) is 0. The van der Waals surface area contributed by atoms with E-state index in [-0.39, 0.29) is 36.0 Å². The smallest absolute Gasteiger partial charge is 0.186 e. The van der Waals surface area contributed by atoms with Crippen molar-refractivity contribution >= 4 is 0 Å². The Kier molecular flexibility index (Phi) is 8.95. The lowest BCUT2D eigenvalue weighted by atomic mass is 9.98. The van der Waals surface area contributed by atoms with E-state index in [1.54, 1.807) is 12.1 Å². The number of benzene rings is 2. The van der Waals surface area contributed by atoms with Crippen molar-refractivity contribution in [1.29, 1.82) is 0 Å². The van der Waals surface area contributed by atoms with Crippen LogP contribution in [-0.4, -0.2) is 84.3 Å². The van der Waals surface area contributed by atoms with Crippen LogP contribution in [0.15, 0.2) is 36.4 Å². The molecular weight excluding hydrogens is 448 g/mol. The molecule has 0 aromatic heterocycles. The molecule has 6 unspecified atom stereocenters. The molecule has 0 saturated carbocycles. The summed E-state index contributed by atoms with van der Waals surface area (Å²) in [7, 11) is 0. The number of phenolic OH excluding ortho intramolecular Hbond substituents is 4. The van der Waals surface area contributed by atoms with Crippen LogP contribution in [0.3, 0.4) is 0 Å². The standard InChI is InChI=1S/C24H32O10/c25-15(5-1-13-3-7-17(26)19(28)9-13)11-16(6-2-14-4-8-18(27)20(29)10-14)34-24-23(32)22(31)21(30)12-33-24/h3-4,7-10,15-16,21-32H,1-2,5-6,11-12H2. The third-order valence-electron chi connectivity index (χ3n) is 5.92. The molecular formula is C24H32O10. The van der Waals surface area contributed by atoms with Gasteiger partial charge < -0.3 is 50.3 Å². The van der Waals surface area contributed by atoms with Crippen molar-refractivity contribution in [2.45, 2.75) is 68.9 Å². The van der Waals surface area contributed by atoms with Gasteiger partial charge in [0, 0.05) is 0 Å². The van der Waals surface area contributed by atoms with E-state index in [4.69, 9.17) is 9.47 Å². The Bertz CT molecular complexity index is 936. The van der Waals surface area contributed by atoms with E-state index in [9.17, 15) is 40.9 Å². The molecule has 8 N–H and O–H groups in total.